The molecular weight excluding hydrogens is 234 g/mol. The highest BCUT2D eigenvalue weighted by Gasteiger charge is 1.98. The summed E-state index contributed by atoms with van der Waals surface area (Å²) in [7, 11) is 0. The van der Waals surface area contributed by atoms with Crippen LogP contribution in [-0.2, 0) is 4.74 Å². The summed E-state index contributed by atoms with van der Waals surface area (Å²) in [5.41, 5.74) is 0. The Kier molecular flexibility index (Phi) is 9.65. The molecule has 0 atom stereocenters. The number of carbonyl (C=O) groups excluding carboxylic acids is 1. The van der Waals surface area contributed by atoms with E-state index in [1.54, 1.807) is 0 Å². The summed E-state index contributed by atoms with van der Waals surface area (Å²) >= 11 is 3.34. The summed E-state index contributed by atoms with van der Waals surface area (Å²) in [6.07, 6.45) is 3.84. The molecule has 0 fully saturated rings. The van der Waals surface area contributed by atoms with Crippen molar-refractivity contribution in [3.05, 3.63) is 0 Å². The molecule has 0 bridgehead atoms. The van der Waals surface area contributed by atoms with Gasteiger partial charge in [0.15, 0.2) is 0 Å². The van der Waals surface area contributed by atoms with E-state index in [0.29, 0.717) is 13.2 Å². The van der Waals surface area contributed by atoms with Gasteiger partial charge in [-0.3, -0.25) is 0 Å². The number of ether oxygens (including phenoxy) is 1. The summed E-state index contributed by atoms with van der Waals surface area (Å²) in [6, 6.07) is 0. The second-order valence-corrected chi connectivity index (χ2v) is 3.61. The van der Waals surface area contributed by atoms with Gasteiger partial charge in [-0.2, -0.15) is 0 Å². The standard InChI is InChI=1S/C9H18BrNO2/c1-2-7-11-9(12)13-8-5-3-4-6-10/h2-8H2,1H3,(H,11,12). The zero-order valence-electron chi connectivity index (χ0n) is 8.14. The monoisotopic (exact) mass is 251 g/mol. The number of unbranched alkanes of at least 4 members (excludes halogenated alkanes) is 2. The SMILES string of the molecule is CCCNC(=O)OCCCCCBr. The number of rotatable bonds is 7. The number of hydrogen-bond donors (Lipinski definition) is 1. The van der Waals surface area contributed by atoms with Crippen LogP contribution in [0.1, 0.15) is 32.6 Å². The molecule has 0 aliphatic carbocycles. The van der Waals surface area contributed by atoms with Gasteiger partial charge < -0.3 is 10.1 Å². The van der Waals surface area contributed by atoms with E-state index in [1.165, 1.54) is 0 Å². The van der Waals surface area contributed by atoms with Gasteiger partial charge in [-0.25, -0.2) is 4.79 Å². The van der Waals surface area contributed by atoms with E-state index >= 15 is 0 Å². The summed E-state index contributed by atoms with van der Waals surface area (Å²) < 4.78 is 4.93. The fourth-order valence-electron chi connectivity index (χ4n) is 0.816. The number of amides is 1. The van der Waals surface area contributed by atoms with Crippen molar-refractivity contribution in [2.75, 3.05) is 18.5 Å². The Hall–Kier alpha value is -0.250. The summed E-state index contributed by atoms with van der Waals surface area (Å²) in [5.74, 6) is 0. The fourth-order valence-corrected chi connectivity index (χ4v) is 1.21. The van der Waals surface area contributed by atoms with Crippen molar-refractivity contribution < 1.29 is 9.53 Å². The largest absolute Gasteiger partial charge is 0.450 e. The Morgan fingerprint density at radius 2 is 2.15 bits per heavy atom. The lowest BCUT2D eigenvalue weighted by atomic mass is 10.3. The maximum atomic E-state index is 10.9. The molecule has 0 saturated heterocycles. The van der Waals surface area contributed by atoms with Crippen molar-refractivity contribution in [1.82, 2.24) is 5.32 Å². The quantitative estimate of drug-likeness (QED) is 0.558. The maximum absolute atomic E-state index is 10.9. The molecule has 13 heavy (non-hydrogen) atoms. The smallest absolute Gasteiger partial charge is 0.407 e. The van der Waals surface area contributed by atoms with Crippen molar-refractivity contribution in [3.63, 3.8) is 0 Å². The first kappa shape index (κ1) is 12.8. The molecule has 0 spiro atoms. The van der Waals surface area contributed by atoms with Crippen molar-refractivity contribution in [1.29, 1.82) is 0 Å². The third kappa shape index (κ3) is 9.67. The molecule has 4 heteroatoms. The van der Waals surface area contributed by atoms with Crippen LogP contribution in [0.2, 0.25) is 0 Å². The van der Waals surface area contributed by atoms with Crippen LogP contribution in [0.3, 0.4) is 0 Å². The molecule has 0 aromatic rings. The topological polar surface area (TPSA) is 38.3 Å². The van der Waals surface area contributed by atoms with Crippen LogP contribution >= 0.6 is 15.9 Å². The average molecular weight is 252 g/mol. The van der Waals surface area contributed by atoms with Crippen molar-refractivity contribution >= 4 is 22.0 Å². The number of halogens is 1. The molecule has 1 amide bonds. The Labute approximate surface area is 88.4 Å². The van der Waals surface area contributed by atoms with Crippen molar-refractivity contribution in [2.45, 2.75) is 32.6 Å². The molecule has 0 aliphatic heterocycles. The molecular formula is C9H18BrNO2. The zero-order valence-corrected chi connectivity index (χ0v) is 9.73. The molecule has 1 N–H and O–H groups in total. The lowest BCUT2D eigenvalue weighted by Crippen LogP contribution is -2.25. The third-order valence-corrected chi connectivity index (χ3v) is 2.09. The zero-order chi connectivity index (χ0) is 9.94. The van der Waals surface area contributed by atoms with Gasteiger partial charge in [0.2, 0.25) is 0 Å². The lowest BCUT2D eigenvalue weighted by molar-refractivity contribution is 0.144. The number of carbonyl (C=O) groups is 1. The average Bonchev–Trinajstić information content (AvgIpc) is 2.14. The van der Waals surface area contributed by atoms with Crippen LogP contribution in [0.25, 0.3) is 0 Å². The second kappa shape index (κ2) is 9.84. The number of alkyl carbamates (subject to hydrolysis) is 1. The van der Waals surface area contributed by atoms with E-state index in [4.69, 9.17) is 4.74 Å². The highest BCUT2D eigenvalue weighted by Crippen LogP contribution is 1.98. The van der Waals surface area contributed by atoms with E-state index in [2.05, 4.69) is 21.2 Å². The number of alkyl halides is 1. The lowest BCUT2D eigenvalue weighted by Gasteiger charge is -2.04. The van der Waals surface area contributed by atoms with Crippen LogP contribution < -0.4 is 5.32 Å². The summed E-state index contributed by atoms with van der Waals surface area (Å²) in [6.45, 7) is 3.24. The first-order chi connectivity index (χ1) is 6.31. The van der Waals surface area contributed by atoms with Gasteiger partial charge in [0.1, 0.15) is 0 Å². The van der Waals surface area contributed by atoms with Gasteiger partial charge in [0.05, 0.1) is 6.61 Å². The number of hydrogen-bond acceptors (Lipinski definition) is 2. The van der Waals surface area contributed by atoms with E-state index < -0.39 is 0 Å². The first-order valence-electron chi connectivity index (χ1n) is 4.77. The van der Waals surface area contributed by atoms with Crippen molar-refractivity contribution in [2.24, 2.45) is 0 Å². The van der Waals surface area contributed by atoms with Gasteiger partial charge in [0.25, 0.3) is 0 Å². The molecule has 0 aliphatic rings. The molecule has 0 rings (SSSR count). The van der Waals surface area contributed by atoms with Crippen LogP contribution in [0.15, 0.2) is 0 Å². The van der Waals surface area contributed by atoms with Gasteiger partial charge in [-0.05, 0) is 25.7 Å². The van der Waals surface area contributed by atoms with E-state index in [9.17, 15) is 4.79 Å². The van der Waals surface area contributed by atoms with Crippen LogP contribution in [-0.4, -0.2) is 24.6 Å². The third-order valence-electron chi connectivity index (χ3n) is 1.53. The van der Waals surface area contributed by atoms with E-state index in [1.807, 2.05) is 6.92 Å². The highest BCUT2D eigenvalue weighted by molar-refractivity contribution is 9.09. The molecule has 0 radical (unpaired) electrons. The first-order valence-corrected chi connectivity index (χ1v) is 5.90. The van der Waals surface area contributed by atoms with E-state index in [-0.39, 0.29) is 6.09 Å². The van der Waals surface area contributed by atoms with Gasteiger partial charge in [-0.1, -0.05) is 22.9 Å². The van der Waals surface area contributed by atoms with Crippen molar-refractivity contribution in [3.8, 4) is 0 Å². The molecule has 0 aromatic heterocycles. The minimum atomic E-state index is -0.291. The molecule has 78 valence electrons. The van der Waals surface area contributed by atoms with Crippen LogP contribution in [0, 0.1) is 0 Å². The molecule has 0 saturated carbocycles. The van der Waals surface area contributed by atoms with Gasteiger partial charge in [-0.15, -0.1) is 0 Å². The predicted molar refractivity (Wildman–Crippen MR) is 57.3 cm³/mol. The minimum Gasteiger partial charge on any atom is -0.450 e. The fraction of sp³-hybridized carbons (Fsp3) is 0.889. The second-order valence-electron chi connectivity index (χ2n) is 2.81. The van der Waals surface area contributed by atoms with Gasteiger partial charge in [0, 0.05) is 11.9 Å². The molecule has 0 aromatic carbocycles. The summed E-state index contributed by atoms with van der Waals surface area (Å²) in [5, 5.41) is 3.68. The summed E-state index contributed by atoms with van der Waals surface area (Å²) in [4.78, 5) is 10.9. The Balaban J connectivity index is 3.08. The normalized spacial score (nSPS) is 9.69. The molecule has 0 heterocycles. The Morgan fingerprint density at radius 3 is 2.77 bits per heavy atom. The molecule has 0 unspecified atom stereocenters. The maximum Gasteiger partial charge on any atom is 0.407 e. The van der Waals surface area contributed by atoms with Crippen LogP contribution in [0.5, 0.6) is 0 Å². The Morgan fingerprint density at radius 1 is 1.38 bits per heavy atom. The van der Waals surface area contributed by atoms with E-state index in [0.717, 1.165) is 31.0 Å². The van der Waals surface area contributed by atoms with Gasteiger partial charge >= 0.3 is 6.09 Å². The Bertz CT molecular complexity index is 131. The highest BCUT2D eigenvalue weighted by atomic mass is 79.9. The minimum absolute atomic E-state index is 0.291. The predicted octanol–water partition coefficient (Wildman–Crippen LogP) is 2.69. The number of nitrogens with one attached hydrogen (secondary N) is 1. The van der Waals surface area contributed by atoms with Crippen LogP contribution in [0.4, 0.5) is 4.79 Å². The molecule has 3 nitrogen and oxygen atoms in total.